The smallest absolute Gasteiger partial charge is 0.0388 e. The summed E-state index contributed by atoms with van der Waals surface area (Å²) in [6.07, 6.45) is 17.8. The summed E-state index contributed by atoms with van der Waals surface area (Å²) in [6.45, 7) is 4.76. The third-order valence-corrected chi connectivity index (χ3v) is 4.47. The van der Waals surface area contributed by atoms with Crippen LogP contribution in [0.15, 0.2) is 0 Å². The topological polar surface area (TPSA) is 0 Å². The Balaban J connectivity index is 1.81. The molecule has 1 aliphatic rings. The van der Waals surface area contributed by atoms with Crippen LogP contribution in [0.2, 0.25) is 0 Å². The molecule has 1 rings (SSSR count). The molecule has 0 radical (unpaired) electrons. The second kappa shape index (κ2) is 9.07. The minimum Gasteiger partial charge on any atom is -0.0654 e. The molecule has 0 aromatic carbocycles. The Kier molecular flexibility index (Phi) is 7.98. The average Bonchev–Trinajstić information content (AvgIpc) is 2.68. The van der Waals surface area contributed by atoms with Gasteiger partial charge in [0.05, 0.1) is 0 Å². The highest BCUT2D eigenvalue weighted by atomic mass is 14.3. The summed E-state index contributed by atoms with van der Waals surface area (Å²) >= 11 is 0. The molecule has 16 heavy (non-hydrogen) atoms. The molecule has 0 aromatic rings. The number of unbranched alkanes of at least 4 members (excludes halogenated alkanes) is 7. The van der Waals surface area contributed by atoms with E-state index in [-0.39, 0.29) is 0 Å². The number of rotatable bonds is 9. The van der Waals surface area contributed by atoms with Gasteiger partial charge in [0.15, 0.2) is 0 Å². The summed E-state index contributed by atoms with van der Waals surface area (Å²) in [5, 5.41) is 0. The summed E-state index contributed by atoms with van der Waals surface area (Å²) in [5.41, 5.74) is 0. The van der Waals surface area contributed by atoms with Crippen LogP contribution in [0.3, 0.4) is 0 Å². The van der Waals surface area contributed by atoms with Gasteiger partial charge in [-0.15, -0.1) is 0 Å². The van der Waals surface area contributed by atoms with Crippen LogP contribution >= 0.6 is 0 Å². The quantitative estimate of drug-likeness (QED) is 0.424. The molecule has 0 heteroatoms. The molecule has 0 nitrogen and oxygen atoms in total. The zero-order valence-electron chi connectivity index (χ0n) is 11.6. The average molecular weight is 224 g/mol. The molecular formula is C16H32. The van der Waals surface area contributed by atoms with E-state index in [1.807, 2.05) is 0 Å². The van der Waals surface area contributed by atoms with Gasteiger partial charge in [0, 0.05) is 0 Å². The fraction of sp³-hybridized carbons (Fsp3) is 1.00. The van der Waals surface area contributed by atoms with E-state index in [9.17, 15) is 0 Å². The first kappa shape index (κ1) is 14.1. The molecule has 1 saturated carbocycles. The van der Waals surface area contributed by atoms with Gasteiger partial charge in [0.2, 0.25) is 0 Å². The molecule has 0 spiro atoms. The fourth-order valence-electron chi connectivity index (χ4n) is 3.19. The molecule has 0 N–H and O–H groups in total. The largest absolute Gasteiger partial charge is 0.0654 e. The van der Waals surface area contributed by atoms with Crippen molar-refractivity contribution in [2.45, 2.75) is 90.9 Å². The minimum atomic E-state index is 1.03. The van der Waals surface area contributed by atoms with Gasteiger partial charge in [0.25, 0.3) is 0 Å². The zero-order chi connectivity index (χ0) is 11.6. The normalized spacial score (nSPS) is 25.1. The predicted molar refractivity (Wildman–Crippen MR) is 73.7 cm³/mol. The van der Waals surface area contributed by atoms with Crippen molar-refractivity contribution in [3.8, 4) is 0 Å². The van der Waals surface area contributed by atoms with Crippen LogP contribution in [0.4, 0.5) is 0 Å². The zero-order valence-corrected chi connectivity index (χ0v) is 11.6. The lowest BCUT2D eigenvalue weighted by molar-refractivity contribution is 0.373. The van der Waals surface area contributed by atoms with E-state index in [1.54, 1.807) is 0 Å². The first-order valence-electron chi connectivity index (χ1n) is 7.84. The lowest BCUT2D eigenvalue weighted by Gasteiger charge is -2.14. The van der Waals surface area contributed by atoms with Gasteiger partial charge in [0.1, 0.15) is 0 Å². The van der Waals surface area contributed by atoms with Crippen LogP contribution in [0.1, 0.15) is 90.9 Å². The van der Waals surface area contributed by atoms with E-state index < -0.39 is 0 Å². The molecule has 96 valence electrons. The summed E-state index contributed by atoms with van der Waals surface area (Å²) in [7, 11) is 0. The fourth-order valence-corrected chi connectivity index (χ4v) is 3.19. The van der Waals surface area contributed by atoms with Crippen molar-refractivity contribution in [2.75, 3.05) is 0 Å². The van der Waals surface area contributed by atoms with E-state index in [0.29, 0.717) is 0 Å². The Hall–Kier alpha value is 0. The first-order valence-corrected chi connectivity index (χ1v) is 7.84. The van der Waals surface area contributed by atoms with Crippen LogP contribution < -0.4 is 0 Å². The van der Waals surface area contributed by atoms with Crippen LogP contribution in [-0.4, -0.2) is 0 Å². The molecule has 1 fully saturated rings. The number of hydrogen-bond donors (Lipinski definition) is 0. The molecule has 0 saturated heterocycles. The predicted octanol–water partition coefficient (Wildman–Crippen LogP) is 5.95. The van der Waals surface area contributed by atoms with E-state index in [4.69, 9.17) is 0 Å². The van der Waals surface area contributed by atoms with Crippen LogP contribution in [-0.2, 0) is 0 Å². The van der Waals surface area contributed by atoms with Gasteiger partial charge in [-0.2, -0.15) is 0 Å². The monoisotopic (exact) mass is 224 g/mol. The van der Waals surface area contributed by atoms with Crippen LogP contribution in [0, 0.1) is 11.8 Å². The van der Waals surface area contributed by atoms with Crippen molar-refractivity contribution in [1.82, 2.24) is 0 Å². The van der Waals surface area contributed by atoms with Crippen molar-refractivity contribution < 1.29 is 0 Å². The molecule has 2 unspecified atom stereocenters. The van der Waals surface area contributed by atoms with Gasteiger partial charge in [-0.3, -0.25) is 0 Å². The first-order chi connectivity index (χ1) is 7.84. The molecule has 0 aromatic heterocycles. The highest BCUT2D eigenvalue weighted by Crippen LogP contribution is 2.34. The van der Waals surface area contributed by atoms with E-state index in [2.05, 4.69) is 13.8 Å². The van der Waals surface area contributed by atoms with Crippen molar-refractivity contribution in [1.29, 1.82) is 0 Å². The minimum absolute atomic E-state index is 1.03. The van der Waals surface area contributed by atoms with Crippen molar-refractivity contribution >= 4 is 0 Å². The molecule has 0 aliphatic heterocycles. The summed E-state index contributed by atoms with van der Waals surface area (Å²) in [6, 6.07) is 0. The lowest BCUT2D eigenvalue weighted by Crippen LogP contribution is -2.03. The summed E-state index contributed by atoms with van der Waals surface area (Å²) in [4.78, 5) is 0. The third-order valence-electron chi connectivity index (χ3n) is 4.47. The Labute approximate surface area is 103 Å². The van der Waals surface area contributed by atoms with Crippen LogP contribution in [0.25, 0.3) is 0 Å². The summed E-state index contributed by atoms with van der Waals surface area (Å²) in [5.74, 6) is 2.12. The SMILES string of the molecule is CCCCCCCCCCC1CCCC1C. The lowest BCUT2D eigenvalue weighted by atomic mass is 9.92. The molecule has 1 aliphatic carbocycles. The second-order valence-corrected chi connectivity index (χ2v) is 5.93. The summed E-state index contributed by atoms with van der Waals surface area (Å²) < 4.78 is 0. The highest BCUT2D eigenvalue weighted by Gasteiger charge is 2.22. The molecule has 0 amide bonds. The Bertz CT molecular complexity index is 150. The van der Waals surface area contributed by atoms with Gasteiger partial charge in [-0.1, -0.05) is 90.9 Å². The van der Waals surface area contributed by atoms with E-state index in [0.717, 1.165) is 11.8 Å². The molecule has 0 bridgehead atoms. The number of hydrogen-bond acceptors (Lipinski definition) is 0. The Morgan fingerprint density at radius 2 is 1.44 bits per heavy atom. The third kappa shape index (κ3) is 5.92. The van der Waals surface area contributed by atoms with E-state index in [1.165, 1.54) is 77.0 Å². The maximum Gasteiger partial charge on any atom is -0.0388 e. The van der Waals surface area contributed by atoms with E-state index >= 15 is 0 Å². The van der Waals surface area contributed by atoms with Gasteiger partial charge < -0.3 is 0 Å². The van der Waals surface area contributed by atoms with Crippen molar-refractivity contribution in [2.24, 2.45) is 11.8 Å². The highest BCUT2D eigenvalue weighted by molar-refractivity contribution is 4.73. The van der Waals surface area contributed by atoms with Gasteiger partial charge in [-0.05, 0) is 11.8 Å². The van der Waals surface area contributed by atoms with Crippen molar-refractivity contribution in [3.63, 3.8) is 0 Å². The Morgan fingerprint density at radius 3 is 2.00 bits per heavy atom. The van der Waals surface area contributed by atoms with Gasteiger partial charge in [-0.25, -0.2) is 0 Å². The molecule has 0 heterocycles. The molecule has 2 atom stereocenters. The van der Waals surface area contributed by atoms with Crippen LogP contribution in [0.5, 0.6) is 0 Å². The standard InChI is InChI=1S/C16H32/c1-3-4-5-6-7-8-9-10-13-16-14-11-12-15(16)2/h15-16H,3-14H2,1-2H3. The van der Waals surface area contributed by atoms with Gasteiger partial charge >= 0.3 is 0 Å². The maximum atomic E-state index is 2.46. The maximum absolute atomic E-state index is 2.46. The Morgan fingerprint density at radius 1 is 0.812 bits per heavy atom. The molecular weight excluding hydrogens is 192 g/mol. The second-order valence-electron chi connectivity index (χ2n) is 5.93. The van der Waals surface area contributed by atoms with Crippen molar-refractivity contribution in [3.05, 3.63) is 0 Å².